The number of benzene rings is 2. The van der Waals surface area contributed by atoms with E-state index in [1.807, 2.05) is 30.3 Å². The van der Waals surface area contributed by atoms with Gasteiger partial charge in [-0.2, -0.15) is 4.98 Å². The molecule has 2 heterocycles. The van der Waals surface area contributed by atoms with Crippen LogP contribution in [0.3, 0.4) is 0 Å². The van der Waals surface area contributed by atoms with Crippen LogP contribution in [0.25, 0.3) is 11.4 Å². The minimum absolute atomic E-state index is 0.178. The Morgan fingerprint density at radius 2 is 1.87 bits per heavy atom. The number of carbonyl (C=O) groups excluding carboxylic acids is 1. The lowest BCUT2D eigenvalue weighted by Crippen LogP contribution is -2.12. The van der Waals surface area contributed by atoms with E-state index in [4.69, 9.17) is 16.1 Å². The SMILES string of the molecule is O=C(CCc1nc(-c2ccc(Cl)cc2)no1)Nc1nnc(SCCc2ccccc2)s1. The fourth-order valence-electron chi connectivity index (χ4n) is 2.69. The Balaban J connectivity index is 1.22. The molecule has 4 rings (SSSR count). The molecular weight excluding hydrogens is 454 g/mol. The molecule has 0 radical (unpaired) electrons. The summed E-state index contributed by atoms with van der Waals surface area (Å²) in [5, 5.41) is 16.0. The number of aryl methyl sites for hydroxylation is 2. The van der Waals surface area contributed by atoms with E-state index in [-0.39, 0.29) is 12.3 Å². The highest BCUT2D eigenvalue weighted by Gasteiger charge is 2.13. The van der Waals surface area contributed by atoms with Crippen molar-refractivity contribution < 1.29 is 9.32 Å². The first kappa shape index (κ1) is 21.5. The zero-order valence-electron chi connectivity index (χ0n) is 16.3. The molecule has 1 amide bonds. The van der Waals surface area contributed by atoms with Gasteiger partial charge in [0.15, 0.2) is 4.34 Å². The number of aromatic nitrogens is 4. The van der Waals surface area contributed by atoms with Crippen LogP contribution in [-0.2, 0) is 17.6 Å². The van der Waals surface area contributed by atoms with Gasteiger partial charge in [-0.1, -0.05) is 70.2 Å². The lowest BCUT2D eigenvalue weighted by Gasteiger charge is -1.99. The molecule has 2 aromatic carbocycles. The molecule has 0 aliphatic rings. The van der Waals surface area contributed by atoms with E-state index in [0.717, 1.165) is 22.1 Å². The highest BCUT2D eigenvalue weighted by atomic mass is 35.5. The number of rotatable bonds is 9. The van der Waals surface area contributed by atoms with Gasteiger partial charge in [0.25, 0.3) is 0 Å². The van der Waals surface area contributed by atoms with Crippen molar-refractivity contribution in [3.63, 3.8) is 0 Å². The maximum Gasteiger partial charge on any atom is 0.227 e. The van der Waals surface area contributed by atoms with Gasteiger partial charge in [0.05, 0.1) is 0 Å². The van der Waals surface area contributed by atoms with E-state index in [1.165, 1.54) is 16.9 Å². The molecule has 0 unspecified atom stereocenters. The van der Waals surface area contributed by atoms with Gasteiger partial charge in [-0.15, -0.1) is 10.2 Å². The third-order valence-electron chi connectivity index (χ3n) is 4.25. The largest absolute Gasteiger partial charge is 0.339 e. The molecule has 0 saturated heterocycles. The molecule has 4 aromatic rings. The van der Waals surface area contributed by atoms with Gasteiger partial charge in [0.2, 0.25) is 22.8 Å². The minimum atomic E-state index is -0.178. The van der Waals surface area contributed by atoms with Crippen molar-refractivity contribution in [2.45, 2.75) is 23.6 Å². The van der Waals surface area contributed by atoms with Crippen LogP contribution in [0.4, 0.5) is 5.13 Å². The second-order valence-electron chi connectivity index (χ2n) is 6.52. The van der Waals surface area contributed by atoms with E-state index in [0.29, 0.717) is 28.3 Å². The molecule has 7 nitrogen and oxygen atoms in total. The molecule has 0 spiro atoms. The van der Waals surface area contributed by atoms with E-state index in [9.17, 15) is 4.79 Å². The average Bonchev–Trinajstić information content (AvgIpc) is 3.43. The summed E-state index contributed by atoms with van der Waals surface area (Å²) in [4.78, 5) is 16.5. The fraction of sp³-hybridized carbons (Fsp3) is 0.190. The number of hydrogen-bond donors (Lipinski definition) is 1. The third-order valence-corrected chi connectivity index (χ3v) is 6.47. The van der Waals surface area contributed by atoms with Crippen LogP contribution in [-0.4, -0.2) is 32.0 Å². The molecule has 31 heavy (non-hydrogen) atoms. The van der Waals surface area contributed by atoms with Gasteiger partial charge in [0.1, 0.15) is 0 Å². The summed E-state index contributed by atoms with van der Waals surface area (Å²) in [6, 6.07) is 17.4. The molecule has 2 aromatic heterocycles. The molecule has 0 fully saturated rings. The number of nitrogens with one attached hydrogen (secondary N) is 1. The van der Waals surface area contributed by atoms with Crippen molar-refractivity contribution >= 4 is 45.7 Å². The summed E-state index contributed by atoms with van der Waals surface area (Å²) in [7, 11) is 0. The van der Waals surface area contributed by atoms with E-state index in [2.05, 4.69) is 37.8 Å². The zero-order valence-corrected chi connectivity index (χ0v) is 18.7. The van der Waals surface area contributed by atoms with Crippen LogP contribution in [0.15, 0.2) is 63.5 Å². The monoisotopic (exact) mass is 471 g/mol. The molecule has 0 aliphatic carbocycles. The fourth-order valence-corrected chi connectivity index (χ4v) is 4.65. The van der Waals surface area contributed by atoms with Gasteiger partial charge in [0, 0.05) is 29.2 Å². The first-order chi connectivity index (χ1) is 15.2. The number of amides is 1. The van der Waals surface area contributed by atoms with E-state index < -0.39 is 0 Å². The summed E-state index contributed by atoms with van der Waals surface area (Å²) >= 11 is 8.88. The van der Waals surface area contributed by atoms with Crippen molar-refractivity contribution in [2.24, 2.45) is 0 Å². The Labute approximate surface area is 192 Å². The number of nitrogens with zero attached hydrogens (tertiary/aromatic N) is 4. The maximum absolute atomic E-state index is 12.2. The van der Waals surface area contributed by atoms with Crippen LogP contribution in [0.5, 0.6) is 0 Å². The first-order valence-corrected chi connectivity index (χ1v) is 11.7. The molecular formula is C21H18ClN5O2S2. The predicted octanol–water partition coefficient (Wildman–Crippen LogP) is 5.15. The van der Waals surface area contributed by atoms with Gasteiger partial charge < -0.3 is 9.84 Å². The van der Waals surface area contributed by atoms with Crippen LogP contribution in [0.1, 0.15) is 17.9 Å². The first-order valence-electron chi connectivity index (χ1n) is 9.54. The minimum Gasteiger partial charge on any atom is -0.339 e. The van der Waals surface area contributed by atoms with Crippen molar-refractivity contribution in [3.05, 3.63) is 71.1 Å². The Bertz CT molecular complexity index is 1130. The Morgan fingerprint density at radius 1 is 1.06 bits per heavy atom. The van der Waals surface area contributed by atoms with Crippen LogP contribution in [0.2, 0.25) is 5.02 Å². The Kier molecular flexibility index (Phi) is 7.29. The smallest absolute Gasteiger partial charge is 0.227 e. The number of hydrogen-bond acceptors (Lipinski definition) is 8. The second kappa shape index (κ2) is 10.5. The summed E-state index contributed by atoms with van der Waals surface area (Å²) in [6.07, 6.45) is 1.50. The quantitative estimate of drug-likeness (QED) is 0.266. The van der Waals surface area contributed by atoms with E-state index in [1.54, 1.807) is 23.9 Å². The predicted molar refractivity (Wildman–Crippen MR) is 122 cm³/mol. The zero-order chi connectivity index (χ0) is 21.5. The van der Waals surface area contributed by atoms with Crippen LogP contribution in [0, 0.1) is 0 Å². The van der Waals surface area contributed by atoms with Crippen molar-refractivity contribution in [3.8, 4) is 11.4 Å². The molecule has 0 atom stereocenters. The molecule has 158 valence electrons. The maximum atomic E-state index is 12.2. The Morgan fingerprint density at radius 3 is 2.68 bits per heavy atom. The molecule has 1 N–H and O–H groups in total. The summed E-state index contributed by atoms with van der Waals surface area (Å²) in [5.41, 5.74) is 2.09. The van der Waals surface area contributed by atoms with Crippen molar-refractivity contribution in [1.82, 2.24) is 20.3 Å². The van der Waals surface area contributed by atoms with Gasteiger partial charge in [-0.3, -0.25) is 4.79 Å². The number of carbonyl (C=O) groups is 1. The van der Waals surface area contributed by atoms with Crippen LogP contribution < -0.4 is 5.32 Å². The Hall–Kier alpha value is -2.75. The second-order valence-corrected chi connectivity index (χ2v) is 9.28. The topological polar surface area (TPSA) is 93.8 Å². The summed E-state index contributed by atoms with van der Waals surface area (Å²) < 4.78 is 6.06. The van der Waals surface area contributed by atoms with E-state index >= 15 is 0 Å². The van der Waals surface area contributed by atoms with Gasteiger partial charge >= 0.3 is 0 Å². The normalized spacial score (nSPS) is 10.9. The number of halogens is 1. The highest BCUT2D eigenvalue weighted by Crippen LogP contribution is 2.26. The average molecular weight is 472 g/mol. The molecule has 0 aliphatic heterocycles. The molecule has 0 saturated carbocycles. The third kappa shape index (κ3) is 6.36. The van der Waals surface area contributed by atoms with Gasteiger partial charge in [-0.05, 0) is 36.2 Å². The molecule has 0 bridgehead atoms. The van der Waals surface area contributed by atoms with Crippen molar-refractivity contribution in [1.29, 1.82) is 0 Å². The van der Waals surface area contributed by atoms with Crippen LogP contribution >= 0.6 is 34.7 Å². The van der Waals surface area contributed by atoms with Gasteiger partial charge in [-0.25, -0.2) is 0 Å². The highest BCUT2D eigenvalue weighted by molar-refractivity contribution is 8.01. The summed E-state index contributed by atoms with van der Waals surface area (Å²) in [5.74, 6) is 1.59. The summed E-state index contributed by atoms with van der Waals surface area (Å²) in [6.45, 7) is 0. The number of thioether (sulfide) groups is 1. The van der Waals surface area contributed by atoms with Crippen molar-refractivity contribution in [2.75, 3.05) is 11.1 Å². The number of anilines is 1. The standard InChI is InChI=1S/C21H18ClN5O2S2/c22-16-8-6-15(7-9-16)19-24-18(29-27-19)11-10-17(28)23-20-25-26-21(31-20)30-13-12-14-4-2-1-3-5-14/h1-9H,10-13H2,(H,23,25,28). The lowest BCUT2D eigenvalue weighted by atomic mass is 10.2. The lowest BCUT2D eigenvalue weighted by molar-refractivity contribution is -0.116. The molecule has 10 heteroatoms.